The molecule has 0 spiro atoms. The van der Waals surface area contributed by atoms with E-state index in [9.17, 15) is 4.79 Å². The molecule has 1 fully saturated rings. The van der Waals surface area contributed by atoms with Gasteiger partial charge in [-0.2, -0.15) is 0 Å². The molecule has 7 heteroatoms. The molecule has 4 heterocycles. The maximum Gasteiger partial charge on any atom is 0.253 e. The number of fused-ring (bicyclic) bond motifs is 1. The van der Waals surface area contributed by atoms with Crippen LogP contribution in [0, 0.1) is 5.92 Å². The van der Waals surface area contributed by atoms with E-state index in [4.69, 9.17) is 4.42 Å². The van der Waals surface area contributed by atoms with Crippen LogP contribution in [-0.2, 0) is 25.9 Å². The van der Waals surface area contributed by atoms with Crippen LogP contribution in [0.3, 0.4) is 0 Å². The van der Waals surface area contributed by atoms with Crippen LogP contribution in [0.15, 0.2) is 46.1 Å². The van der Waals surface area contributed by atoms with Crippen molar-refractivity contribution >= 4 is 0 Å². The van der Waals surface area contributed by atoms with Crippen molar-refractivity contribution in [3.05, 3.63) is 64.6 Å². The van der Waals surface area contributed by atoms with Crippen molar-refractivity contribution in [2.75, 3.05) is 13.1 Å². The molecule has 1 saturated heterocycles. The highest BCUT2D eigenvalue weighted by Crippen LogP contribution is 2.25. The van der Waals surface area contributed by atoms with E-state index in [-0.39, 0.29) is 5.56 Å². The quantitative estimate of drug-likeness (QED) is 0.666. The van der Waals surface area contributed by atoms with Crippen LogP contribution in [-0.4, -0.2) is 37.5 Å². The summed E-state index contributed by atoms with van der Waals surface area (Å²) in [4.78, 5) is 28.1. The number of rotatable bonds is 5. The second-order valence-corrected chi connectivity index (χ2v) is 8.05. The molecule has 0 unspecified atom stereocenters. The summed E-state index contributed by atoms with van der Waals surface area (Å²) in [6.07, 6.45) is 10.5. The van der Waals surface area contributed by atoms with Crippen LogP contribution in [0.5, 0.6) is 0 Å². The summed E-state index contributed by atoms with van der Waals surface area (Å²) in [5.41, 5.74) is 2.77. The first-order chi connectivity index (χ1) is 14.2. The zero-order chi connectivity index (χ0) is 19.6. The van der Waals surface area contributed by atoms with Crippen molar-refractivity contribution in [3.63, 3.8) is 0 Å². The lowest BCUT2D eigenvalue weighted by atomic mass is 9.96. The van der Waals surface area contributed by atoms with Crippen molar-refractivity contribution in [3.8, 4) is 11.3 Å². The van der Waals surface area contributed by atoms with E-state index < -0.39 is 0 Å². The van der Waals surface area contributed by atoms with Crippen LogP contribution < -0.4 is 5.56 Å². The van der Waals surface area contributed by atoms with Gasteiger partial charge in [0, 0.05) is 37.0 Å². The molecule has 7 nitrogen and oxygen atoms in total. The number of oxazole rings is 1. The molecule has 2 aliphatic rings. The van der Waals surface area contributed by atoms with Gasteiger partial charge in [0.15, 0.2) is 0 Å². The summed E-state index contributed by atoms with van der Waals surface area (Å²) < 4.78 is 7.64. The lowest BCUT2D eigenvalue weighted by molar-refractivity contribution is 0.153. The Hall–Kier alpha value is -2.80. The van der Waals surface area contributed by atoms with Gasteiger partial charge >= 0.3 is 0 Å². The maximum atomic E-state index is 12.5. The fourth-order valence-electron chi connectivity index (χ4n) is 4.35. The molecule has 29 heavy (non-hydrogen) atoms. The highest BCUT2D eigenvalue weighted by molar-refractivity contribution is 5.57. The Bertz CT molecular complexity index is 1010. The van der Waals surface area contributed by atoms with E-state index in [1.807, 2.05) is 12.1 Å². The Morgan fingerprint density at radius 1 is 1.14 bits per heavy atom. The minimum absolute atomic E-state index is 0.00328. The maximum absolute atomic E-state index is 12.5. The van der Waals surface area contributed by atoms with E-state index in [0.717, 1.165) is 74.8 Å². The van der Waals surface area contributed by atoms with Gasteiger partial charge in [0.05, 0.1) is 24.3 Å². The number of aryl methyl sites for hydroxylation is 2. The van der Waals surface area contributed by atoms with Gasteiger partial charge in [-0.25, -0.2) is 9.97 Å². The van der Waals surface area contributed by atoms with Crippen molar-refractivity contribution in [1.29, 1.82) is 0 Å². The smallest absolute Gasteiger partial charge is 0.253 e. The van der Waals surface area contributed by atoms with E-state index >= 15 is 0 Å². The molecule has 1 aliphatic carbocycles. The Kier molecular flexibility index (Phi) is 4.97. The van der Waals surface area contributed by atoms with E-state index in [2.05, 4.69) is 19.9 Å². The highest BCUT2D eigenvalue weighted by atomic mass is 16.4. The van der Waals surface area contributed by atoms with E-state index in [1.165, 1.54) is 6.42 Å². The molecule has 3 aromatic heterocycles. The zero-order valence-corrected chi connectivity index (χ0v) is 16.5. The number of hydrogen-bond acceptors (Lipinski definition) is 6. The SMILES string of the molecule is O=c1cc(-c2ccncc2)ncn1CC1CCN(Cc2nc3c(o2)CCC3)CC1. The highest BCUT2D eigenvalue weighted by Gasteiger charge is 2.23. The number of hydrogen-bond donors (Lipinski definition) is 0. The van der Waals surface area contributed by atoms with Crippen LogP contribution in [0.4, 0.5) is 0 Å². The van der Waals surface area contributed by atoms with Crippen molar-refractivity contribution in [1.82, 2.24) is 24.4 Å². The summed E-state index contributed by atoms with van der Waals surface area (Å²) in [6, 6.07) is 5.35. The van der Waals surface area contributed by atoms with Gasteiger partial charge in [-0.3, -0.25) is 19.2 Å². The molecular formula is C22H25N5O2. The molecule has 3 aromatic rings. The molecule has 0 N–H and O–H groups in total. The van der Waals surface area contributed by atoms with E-state index in [1.54, 1.807) is 29.4 Å². The Morgan fingerprint density at radius 3 is 2.72 bits per heavy atom. The summed E-state index contributed by atoms with van der Waals surface area (Å²) in [5.74, 6) is 2.45. The molecule has 0 amide bonds. The third kappa shape index (κ3) is 4.00. The van der Waals surface area contributed by atoms with Crippen LogP contribution in [0.1, 0.15) is 36.6 Å². The normalized spacial score (nSPS) is 17.5. The standard InChI is InChI=1S/C22H25N5O2/c28-22-12-19(17-4-8-23-9-5-17)24-15-27(22)13-16-6-10-26(11-7-16)14-21-25-18-2-1-3-20(18)29-21/h4-5,8-9,12,15-16H,1-3,6-7,10-11,13-14H2. The van der Waals surface area contributed by atoms with Crippen LogP contribution in [0.25, 0.3) is 11.3 Å². The first-order valence-electron chi connectivity index (χ1n) is 10.4. The monoisotopic (exact) mass is 391 g/mol. The fraction of sp³-hybridized carbons (Fsp3) is 0.455. The molecule has 5 rings (SSSR count). The fourth-order valence-corrected chi connectivity index (χ4v) is 4.35. The van der Waals surface area contributed by atoms with Gasteiger partial charge in [-0.05, 0) is 56.8 Å². The molecule has 0 atom stereocenters. The van der Waals surface area contributed by atoms with Gasteiger partial charge < -0.3 is 4.42 Å². The van der Waals surface area contributed by atoms with Crippen LogP contribution in [0.2, 0.25) is 0 Å². The Morgan fingerprint density at radius 2 is 1.97 bits per heavy atom. The van der Waals surface area contributed by atoms with Crippen molar-refractivity contribution in [2.24, 2.45) is 5.92 Å². The van der Waals surface area contributed by atoms with Crippen molar-refractivity contribution in [2.45, 2.75) is 45.2 Å². The van der Waals surface area contributed by atoms with Gasteiger partial charge in [0.1, 0.15) is 5.76 Å². The van der Waals surface area contributed by atoms with Gasteiger partial charge in [-0.1, -0.05) is 0 Å². The largest absolute Gasteiger partial charge is 0.444 e. The van der Waals surface area contributed by atoms with E-state index in [0.29, 0.717) is 11.6 Å². The first kappa shape index (κ1) is 18.2. The molecule has 0 saturated carbocycles. The van der Waals surface area contributed by atoms with Gasteiger partial charge in [0.25, 0.3) is 5.56 Å². The van der Waals surface area contributed by atoms with Crippen LogP contribution >= 0.6 is 0 Å². The Labute approximate surface area is 169 Å². The number of piperidine rings is 1. The second-order valence-electron chi connectivity index (χ2n) is 8.05. The van der Waals surface area contributed by atoms with Crippen molar-refractivity contribution < 1.29 is 4.42 Å². The minimum Gasteiger partial charge on any atom is -0.444 e. The molecule has 1 aliphatic heterocycles. The molecule has 0 bridgehead atoms. The zero-order valence-electron chi connectivity index (χ0n) is 16.5. The molecule has 150 valence electrons. The number of aromatic nitrogens is 4. The lowest BCUT2D eigenvalue weighted by Gasteiger charge is -2.31. The third-order valence-electron chi connectivity index (χ3n) is 6.02. The molecule has 0 radical (unpaired) electrons. The number of likely N-dealkylation sites (tertiary alicyclic amines) is 1. The predicted octanol–water partition coefficient (Wildman–Crippen LogP) is 2.69. The average molecular weight is 391 g/mol. The topological polar surface area (TPSA) is 77.1 Å². The third-order valence-corrected chi connectivity index (χ3v) is 6.02. The Balaban J connectivity index is 1.17. The lowest BCUT2D eigenvalue weighted by Crippen LogP contribution is -2.36. The predicted molar refractivity (Wildman–Crippen MR) is 108 cm³/mol. The molecule has 0 aromatic carbocycles. The first-order valence-corrected chi connectivity index (χ1v) is 10.4. The van der Waals surface area contributed by atoms with Gasteiger partial charge in [0.2, 0.25) is 5.89 Å². The summed E-state index contributed by atoms with van der Waals surface area (Å²) in [7, 11) is 0. The van der Waals surface area contributed by atoms with Gasteiger partial charge in [-0.15, -0.1) is 0 Å². The summed E-state index contributed by atoms with van der Waals surface area (Å²) >= 11 is 0. The average Bonchev–Trinajstić information content (AvgIpc) is 3.33. The minimum atomic E-state index is 0.00328. The number of nitrogens with zero attached hydrogens (tertiary/aromatic N) is 5. The molecular weight excluding hydrogens is 366 g/mol. The number of pyridine rings is 1. The summed E-state index contributed by atoms with van der Waals surface area (Å²) in [6.45, 7) is 3.54. The second kappa shape index (κ2) is 7.91. The summed E-state index contributed by atoms with van der Waals surface area (Å²) in [5, 5.41) is 0.